The van der Waals surface area contributed by atoms with Crippen molar-refractivity contribution in [3.63, 3.8) is 0 Å². The molecular weight excluding hydrogens is 262 g/mol. The van der Waals surface area contributed by atoms with Crippen molar-refractivity contribution in [2.45, 2.75) is 29.4 Å². The van der Waals surface area contributed by atoms with Crippen molar-refractivity contribution in [3.05, 3.63) is 40.4 Å². The molecule has 19 heavy (non-hydrogen) atoms. The van der Waals surface area contributed by atoms with Crippen LogP contribution in [0.2, 0.25) is 0 Å². The molecular formula is C12H15N5OS. The lowest BCUT2D eigenvalue weighted by molar-refractivity contribution is 0.674. The summed E-state index contributed by atoms with van der Waals surface area (Å²) in [7, 11) is 0. The summed E-state index contributed by atoms with van der Waals surface area (Å²) >= 11 is 1.29. The smallest absolute Gasteiger partial charge is 0.253 e. The van der Waals surface area contributed by atoms with Crippen LogP contribution in [0.25, 0.3) is 0 Å². The molecule has 0 bridgehead atoms. The molecule has 0 aliphatic rings. The Balaban J connectivity index is 2.17. The zero-order valence-corrected chi connectivity index (χ0v) is 11.3. The molecule has 0 unspecified atom stereocenters. The predicted octanol–water partition coefficient (Wildman–Crippen LogP) is 1.31. The van der Waals surface area contributed by atoms with E-state index >= 15 is 0 Å². The fourth-order valence-electron chi connectivity index (χ4n) is 1.49. The molecule has 0 saturated heterocycles. The third kappa shape index (κ3) is 3.55. The molecule has 2 aromatic heterocycles. The van der Waals surface area contributed by atoms with E-state index in [4.69, 9.17) is 11.5 Å². The summed E-state index contributed by atoms with van der Waals surface area (Å²) < 4.78 is 0. The van der Waals surface area contributed by atoms with Gasteiger partial charge in [0, 0.05) is 23.2 Å². The lowest BCUT2D eigenvalue weighted by atomic mass is 10.1. The highest BCUT2D eigenvalue weighted by molar-refractivity contribution is 7.99. The number of hydrogen-bond acceptors (Lipinski definition) is 6. The fourth-order valence-corrected chi connectivity index (χ4v) is 2.26. The van der Waals surface area contributed by atoms with Crippen LogP contribution in [-0.2, 0) is 0 Å². The minimum absolute atomic E-state index is 0.0515. The molecule has 0 aromatic carbocycles. The Labute approximate surface area is 114 Å². The summed E-state index contributed by atoms with van der Waals surface area (Å²) in [5.74, 6) is 0.198. The Hall–Kier alpha value is -1.86. The number of nitrogens with one attached hydrogen (secondary N) is 1. The molecule has 0 aliphatic carbocycles. The average Bonchev–Trinajstić information content (AvgIpc) is 2.37. The molecule has 7 heteroatoms. The number of aromatic nitrogens is 3. The average molecular weight is 277 g/mol. The molecule has 0 aliphatic heterocycles. The first-order valence-electron chi connectivity index (χ1n) is 5.84. The van der Waals surface area contributed by atoms with Gasteiger partial charge >= 0.3 is 0 Å². The molecule has 2 aromatic rings. The second-order valence-electron chi connectivity index (χ2n) is 4.01. The van der Waals surface area contributed by atoms with Gasteiger partial charge < -0.3 is 16.5 Å². The topological polar surface area (TPSA) is 111 Å². The Morgan fingerprint density at radius 3 is 2.84 bits per heavy atom. The normalized spacial score (nSPS) is 12.3. The van der Waals surface area contributed by atoms with Gasteiger partial charge in [0.05, 0.1) is 5.69 Å². The Kier molecular flexibility index (Phi) is 4.18. The van der Waals surface area contributed by atoms with Crippen molar-refractivity contribution in [1.29, 1.82) is 0 Å². The van der Waals surface area contributed by atoms with E-state index in [1.807, 2.05) is 19.1 Å². The molecule has 0 amide bonds. The Bertz CT molecular complexity index is 610. The maximum Gasteiger partial charge on any atom is 0.253 e. The quantitative estimate of drug-likeness (QED) is 0.727. The van der Waals surface area contributed by atoms with E-state index in [0.29, 0.717) is 5.16 Å². The van der Waals surface area contributed by atoms with Crippen molar-refractivity contribution in [2.75, 3.05) is 5.73 Å². The molecule has 100 valence electrons. The summed E-state index contributed by atoms with van der Waals surface area (Å²) in [6, 6.07) is 4.96. The number of anilines is 1. The van der Waals surface area contributed by atoms with E-state index in [1.54, 1.807) is 6.20 Å². The van der Waals surface area contributed by atoms with Gasteiger partial charge in [0.2, 0.25) is 0 Å². The van der Waals surface area contributed by atoms with Crippen molar-refractivity contribution in [3.8, 4) is 0 Å². The van der Waals surface area contributed by atoms with E-state index in [2.05, 4.69) is 15.0 Å². The SMILES string of the molecule is CC[C@H](N)c1ccc(Sc2nc(N)cc(=O)[nH]2)cn1. The lowest BCUT2D eigenvalue weighted by Crippen LogP contribution is -2.10. The summed E-state index contributed by atoms with van der Waals surface area (Å²) in [4.78, 5) is 23.1. The standard InChI is InChI=1S/C12H15N5OS/c1-2-8(13)9-4-3-7(6-15-9)19-12-16-10(14)5-11(18)17-12/h3-6,8H,2,13H2,1H3,(H3,14,16,17,18)/t8-/m0/s1. The number of nitrogens with two attached hydrogens (primary N) is 2. The Morgan fingerprint density at radius 2 is 2.26 bits per heavy atom. The molecule has 0 spiro atoms. The van der Waals surface area contributed by atoms with E-state index in [0.717, 1.165) is 17.0 Å². The first-order chi connectivity index (χ1) is 9.08. The monoisotopic (exact) mass is 277 g/mol. The molecule has 0 saturated carbocycles. The van der Waals surface area contributed by atoms with Gasteiger partial charge in [-0.05, 0) is 18.6 Å². The van der Waals surface area contributed by atoms with Crippen LogP contribution in [0.15, 0.2) is 39.2 Å². The number of H-pyrrole nitrogens is 1. The van der Waals surface area contributed by atoms with Gasteiger partial charge in [0.25, 0.3) is 5.56 Å². The minimum Gasteiger partial charge on any atom is -0.383 e. The highest BCUT2D eigenvalue weighted by Crippen LogP contribution is 2.24. The second-order valence-corrected chi connectivity index (χ2v) is 5.07. The molecule has 1 atom stereocenters. The van der Waals surface area contributed by atoms with Crippen LogP contribution in [-0.4, -0.2) is 15.0 Å². The fraction of sp³-hybridized carbons (Fsp3) is 0.250. The van der Waals surface area contributed by atoms with Gasteiger partial charge in [-0.3, -0.25) is 9.78 Å². The number of nitrogen functional groups attached to an aromatic ring is 1. The summed E-state index contributed by atoms with van der Waals surface area (Å²) in [6.07, 6.45) is 2.54. The summed E-state index contributed by atoms with van der Waals surface area (Å²) in [5, 5.41) is 0.444. The Morgan fingerprint density at radius 1 is 1.47 bits per heavy atom. The van der Waals surface area contributed by atoms with Gasteiger partial charge in [-0.15, -0.1) is 0 Å². The molecule has 2 rings (SSSR count). The number of nitrogens with zero attached hydrogens (tertiary/aromatic N) is 2. The van der Waals surface area contributed by atoms with Gasteiger partial charge in [0.15, 0.2) is 5.16 Å². The van der Waals surface area contributed by atoms with Crippen LogP contribution < -0.4 is 17.0 Å². The molecule has 0 fully saturated rings. The number of aromatic amines is 1. The molecule has 0 radical (unpaired) electrons. The van der Waals surface area contributed by atoms with Crippen molar-refractivity contribution in [2.24, 2.45) is 5.73 Å². The highest BCUT2D eigenvalue weighted by Gasteiger charge is 2.06. The number of hydrogen-bond donors (Lipinski definition) is 3. The zero-order valence-electron chi connectivity index (χ0n) is 10.5. The van der Waals surface area contributed by atoms with Crippen LogP contribution in [0.1, 0.15) is 25.1 Å². The van der Waals surface area contributed by atoms with Crippen LogP contribution in [0, 0.1) is 0 Å². The first-order valence-corrected chi connectivity index (χ1v) is 6.66. The van der Waals surface area contributed by atoms with Crippen LogP contribution in [0.3, 0.4) is 0 Å². The third-order valence-corrected chi connectivity index (χ3v) is 3.40. The maximum atomic E-state index is 11.3. The van der Waals surface area contributed by atoms with Crippen molar-refractivity contribution in [1.82, 2.24) is 15.0 Å². The van der Waals surface area contributed by atoms with Gasteiger partial charge in [0.1, 0.15) is 5.82 Å². The van der Waals surface area contributed by atoms with E-state index in [9.17, 15) is 4.79 Å². The third-order valence-electron chi connectivity index (χ3n) is 2.53. The molecule has 2 heterocycles. The first kappa shape index (κ1) is 13.6. The minimum atomic E-state index is -0.271. The van der Waals surface area contributed by atoms with E-state index < -0.39 is 0 Å². The molecule has 6 nitrogen and oxygen atoms in total. The maximum absolute atomic E-state index is 11.3. The van der Waals surface area contributed by atoms with Crippen molar-refractivity contribution >= 4 is 17.6 Å². The van der Waals surface area contributed by atoms with Crippen molar-refractivity contribution < 1.29 is 0 Å². The van der Waals surface area contributed by atoms with Gasteiger partial charge in [-0.2, -0.15) is 0 Å². The van der Waals surface area contributed by atoms with Crippen LogP contribution in [0.5, 0.6) is 0 Å². The largest absolute Gasteiger partial charge is 0.383 e. The van der Waals surface area contributed by atoms with Crippen LogP contribution in [0.4, 0.5) is 5.82 Å². The second kappa shape index (κ2) is 5.85. The molecule has 5 N–H and O–H groups in total. The summed E-state index contributed by atoms with van der Waals surface area (Å²) in [5.41, 5.74) is 12.0. The zero-order chi connectivity index (χ0) is 13.8. The van der Waals surface area contributed by atoms with Gasteiger partial charge in [-0.25, -0.2) is 4.98 Å². The van der Waals surface area contributed by atoms with Crippen LogP contribution >= 0.6 is 11.8 Å². The number of rotatable bonds is 4. The van der Waals surface area contributed by atoms with Gasteiger partial charge in [-0.1, -0.05) is 18.7 Å². The van der Waals surface area contributed by atoms with E-state index in [1.165, 1.54) is 17.8 Å². The van der Waals surface area contributed by atoms with E-state index in [-0.39, 0.29) is 17.4 Å². The summed E-state index contributed by atoms with van der Waals surface area (Å²) in [6.45, 7) is 2.01. The number of pyridine rings is 1. The predicted molar refractivity (Wildman–Crippen MR) is 74.8 cm³/mol. The lowest BCUT2D eigenvalue weighted by Gasteiger charge is -2.08. The highest BCUT2D eigenvalue weighted by atomic mass is 32.2.